The van der Waals surface area contributed by atoms with E-state index in [1.807, 2.05) is 0 Å². The monoisotopic (exact) mass is 311 g/mol. The number of piperazine rings is 1. The summed E-state index contributed by atoms with van der Waals surface area (Å²) in [5, 5.41) is 12.0. The summed E-state index contributed by atoms with van der Waals surface area (Å²) >= 11 is 5.76. The molecule has 1 aliphatic heterocycles. The van der Waals surface area contributed by atoms with Crippen LogP contribution in [0.15, 0.2) is 24.3 Å². The average molecular weight is 312 g/mol. The van der Waals surface area contributed by atoms with Crippen LogP contribution in [0.5, 0.6) is 0 Å². The zero-order chi connectivity index (χ0) is 15.2. The third-order valence-corrected chi connectivity index (χ3v) is 3.62. The molecule has 7 heteroatoms. The Balaban J connectivity index is 1.85. The summed E-state index contributed by atoms with van der Waals surface area (Å²) in [4.78, 5) is 27.6. The zero-order valence-corrected chi connectivity index (χ0v) is 12.3. The summed E-state index contributed by atoms with van der Waals surface area (Å²) in [6.07, 6.45) is 0. The Morgan fingerprint density at radius 2 is 1.76 bits per heavy atom. The Morgan fingerprint density at radius 1 is 1.14 bits per heavy atom. The largest absolute Gasteiger partial charge is 0.395 e. The van der Waals surface area contributed by atoms with Gasteiger partial charge in [-0.1, -0.05) is 11.6 Å². The molecule has 1 heterocycles. The number of amides is 2. The molecular weight excluding hydrogens is 294 g/mol. The summed E-state index contributed by atoms with van der Waals surface area (Å²) in [5.41, 5.74) is 0.539. The number of hydrogen-bond acceptors (Lipinski definition) is 4. The molecule has 0 aromatic heterocycles. The molecule has 2 N–H and O–H groups in total. The first-order valence-electron chi connectivity index (χ1n) is 6.79. The molecule has 1 fully saturated rings. The normalized spacial score (nSPS) is 15.8. The molecule has 0 spiro atoms. The lowest BCUT2D eigenvalue weighted by atomic mass is 10.3. The molecule has 0 atom stereocenters. The van der Waals surface area contributed by atoms with Crippen LogP contribution in [0.25, 0.3) is 0 Å². The van der Waals surface area contributed by atoms with E-state index in [1.165, 1.54) is 4.90 Å². The number of carbonyl (C=O) groups is 2. The zero-order valence-electron chi connectivity index (χ0n) is 11.6. The molecule has 1 aromatic rings. The van der Waals surface area contributed by atoms with Crippen molar-refractivity contribution in [3.05, 3.63) is 29.3 Å². The first kappa shape index (κ1) is 15.8. The highest BCUT2D eigenvalue weighted by Crippen LogP contribution is 2.13. The van der Waals surface area contributed by atoms with Crippen molar-refractivity contribution in [2.24, 2.45) is 0 Å². The molecule has 114 valence electrons. The van der Waals surface area contributed by atoms with Gasteiger partial charge in [-0.05, 0) is 24.3 Å². The van der Waals surface area contributed by atoms with Crippen molar-refractivity contribution in [1.29, 1.82) is 0 Å². The van der Waals surface area contributed by atoms with Crippen LogP contribution in [0, 0.1) is 0 Å². The second-order valence-corrected chi connectivity index (χ2v) is 5.25. The maximum atomic E-state index is 12.1. The highest BCUT2D eigenvalue weighted by Gasteiger charge is 2.25. The molecule has 0 aliphatic carbocycles. The first-order valence-corrected chi connectivity index (χ1v) is 7.17. The van der Waals surface area contributed by atoms with Crippen molar-refractivity contribution in [3.8, 4) is 0 Å². The molecule has 2 rings (SSSR count). The van der Waals surface area contributed by atoms with Gasteiger partial charge in [-0.15, -0.1) is 0 Å². The second kappa shape index (κ2) is 7.40. The quantitative estimate of drug-likeness (QED) is 0.793. The van der Waals surface area contributed by atoms with Gasteiger partial charge in [0, 0.05) is 43.4 Å². The van der Waals surface area contributed by atoms with Crippen LogP contribution in [-0.4, -0.2) is 66.1 Å². The molecule has 0 saturated carbocycles. The predicted octanol–water partition coefficient (Wildman–Crippen LogP) is 0.415. The number of anilines is 1. The van der Waals surface area contributed by atoms with Crippen LogP contribution < -0.4 is 5.32 Å². The highest BCUT2D eigenvalue weighted by atomic mass is 35.5. The minimum atomic E-state index is -0.645. The molecule has 2 amide bonds. The number of benzene rings is 1. The van der Waals surface area contributed by atoms with Gasteiger partial charge in [-0.2, -0.15) is 0 Å². The molecule has 6 nitrogen and oxygen atoms in total. The summed E-state index contributed by atoms with van der Waals surface area (Å²) < 4.78 is 0. The van der Waals surface area contributed by atoms with Crippen LogP contribution >= 0.6 is 11.6 Å². The van der Waals surface area contributed by atoms with Crippen molar-refractivity contribution < 1.29 is 14.7 Å². The third-order valence-electron chi connectivity index (χ3n) is 3.37. The minimum Gasteiger partial charge on any atom is -0.395 e. The Morgan fingerprint density at radius 3 is 2.33 bits per heavy atom. The Kier molecular flexibility index (Phi) is 5.55. The highest BCUT2D eigenvalue weighted by molar-refractivity contribution is 6.39. The van der Waals surface area contributed by atoms with Gasteiger partial charge >= 0.3 is 11.8 Å². The number of aliphatic hydroxyl groups excluding tert-OH is 1. The number of hydrogen-bond donors (Lipinski definition) is 2. The lowest BCUT2D eigenvalue weighted by Gasteiger charge is -2.33. The minimum absolute atomic E-state index is 0.102. The standard InChI is InChI=1S/C14H18ClN3O3/c15-11-1-3-12(4-2-11)16-13(20)14(21)18-7-5-17(6-8-18)9-10-19/h1-4,19H,5-10H2,(H,16,20). The topological polar surface area (TPSA) is 72.9 Å². The summed E-state index contributed by atoms with van der Waals surface area (Å²) in [6.45, 7) is 3.02. The fourth-order valence-electron chi connectivity index (χ4n) is 2.18. The maximum Gasteiger partial charge on any atom is 0.313 e. The van der Waals surface area contributed by atoms with E-state index in [1.54, 1.807) is 24.3 Å². The van der Waals surface area contributed by atoms with Gasteiger partial charge in [0.25, 0.3) is 0 Å². The molecule has 1 saturated heterocycles. The maximum absolute atomic E-state index is 12.1. The summed E-state index contributed by atoms with van der Waals surface area (Å²) in [6, 6.07) is 6.59. The number of carbonyl (C=O) groups excluding carboxylic acids is 2. The van der Waals surface area contributed by atoms with Crippen molar-refractivity contribution in [1.82, 2.24) is 9.80 Å². The summed E-state index contributed by atoms with van der Waals surface area (Å²) in [5.74, 6) is -1.18. The Bertz CT molecular complexity index is 499. The number of rotatable bonds is 3. The predicted molar refractivity (Wildman–Crippen MR) is 80.2 cm³/mol. The van der Waals surface area contributed by atoms with E-state index < -0.39 is 11.8 Å². The SMILES string of the molecule is O=C(Nc1ccc(Cl)cc1)C(=O)N1CCN(CCO)CC1. The average Bonchev–Trinajstić information content (AvgIpc) is 2.50. The molecular formula is C14H18ClN3O3. The van der Waals surface area contributed by atoms with Crippen LogP contribution in [0.2, 0.25) is 5.02 Å². The molecule has 21 heavy (non-hydrogen) atoms. The van der Waals surface area contributed by atoms with Gasteiger partial charge in [0.2, 0.25) is 0 Å². The lowest BCUT2D eigenvalue weighted by Crippen LogP contribution is -2.52. The van der Waals surface area contributed by atoms with E-state index in [2.05, 4.69) is 10.2 Å². The van der Waals surface area contributed by atoms with Crippen molar-refractivity contribution >= 4 is 29.1 Å². The Labute approximate surface area is 128 Å². The molecule has 1 aromatic carbocycles. The molecule has 0 unspecified atom stereocenters. The fraction of sp³-hybridized carbons (Fsp3) is 0.429. The van der Waals surface area contributed by atoms with Gasteiger partial charge in [-0.3, -0.25) is 14.5 Å². The molecule has 0 radical (unpaired) electrons. The van der Waals surface area contributed by atoms with Crippen molar-refractivity contribution in [2.75, 3.05) is 44.6 Å². The van der Waals surface area contributed by atoms with E-state index >= 15 is 0 Å². The number of nitrogens with zero attached hydrogens (tertiary/aromatic N) is 2. The van der Waals surface area contributed by atoms with Crippen molar-refractivity contribution in [3.63, 3.8) is 0 Å². The smallest absolute Gasteiger partial charge is 0.313 e. The van der Waals surface area contributed by atoms with E-state index in [4.69, 9.17) is 16.7 Å². The van der Waals surface area contributed by atoms with E-state index in [-0.39, 0.29) is 6.61 Å². The van der Waals surface area contributed by atoms with Gasteiger partial charge in [-0.25, -0.2) is 0 Å². The van der Waals surface area contributed by atoms with Gasteiger partial charge in [0.05, 0.1) is 6.61 Å². The van der Waals surface area contributed by atoms with E-state index in [9.17, 15) is 9.59 Å². The number of nitrogens with one attached hydrogen (secondary N) is 1. The van der Waals surface area contributed by atoms with Gasteiger partial charge < -0.3 is 15.3 Å². The molecule has 0 bridgehead atoms. The fourth-order valence-corrected chi connectivity index (χ4v) is 2.30. The Hall–Kier alpha value is -1.63. The van der Waals surface area contributed by atoms with Crippen LogP contribution in [0.1, 0.15) is 0 Å². The summed E-state index contributed by atoms with van der Waals surface area (Å²) in [7, 11) is 0. The van der Waals surface area contributed by atoms with Crippen LogP contribution in [0.3, 0.4) is 0 Å². The van der Waals surface area contributed by atoms with Crippen molar-refractivity contribution in [2.45, 2.75) is 0 Å². The van der Waals surface area contributed by atoms with Gasteiger partial charge in [0.1, 0.15) is 0 Å². The first-order chi connectivity index (χ1) is 10.1. The molecule has 1 aliphatic rings. The lowest BCUT2D eigenvalue weighted by molar-refractivity contribution is -0.144. The second-order valence-electron chi connectivity index (χ2n) is 4.82. The van der Waals surface area contributed by atoms with Gasteiger partial charge in [0.15, 0.2) is 0 Å². The number of aliphatic hydroxyl groups is 1. The number of halogens is 1. The van der Waals surface area contributed by atoms with E-state index in [0.717, 1.165) is 0 Å². The van der Waals surface area contributed by atoms with Crippen LogP contribution in [0.4, 0.5) is 5.69 Å². The van der Waals surface area contributed by atoms with Crippen LogP contribution in [-0.2, 0) is 9.59 Å². The number of β-amino-alcohol motifs (C(OH)–C–C–N with tert-alkyl or cyclic N) is 1. The van der Waals surface area contributed by atoms with E-state index in [0.29, 0.717) is 43.4 Å². The third kappa shape index (κ3) is 4.42.